The van der Waals surface area contributed by atoms with Gasteiger partial charge in [-0.05, 0) is 42.7 Å². The topological polar surface area (TPSA) is 62.2 Å². The van der Waals surface area contributed by atoms with Crippen molar-refractivity contribution in [3.8, 4) is 11.3 Å². The van der Waals surface area contributed by atoms with Gasteiger partial charge in [0.05, 0.1) is 24.5 Å². The average Bonchev–Trinajstić information content (AvgIpc) is 3.23. The molecule has 2 aromatic carbocycles. The van der Waals surface area contributed by atoms with Crippen LogP contribution in [0, 0.1) is 0 Å². The molecule has 3 aromatic rings. The van der Waals surface area contributed by atoms with Crippen molar-refractivity contribution < 1.29 is 4.79 Å². The Bertz CT molecular complexity index is 1090. The van der Waals surface area contributed by atoms with Crippen LogP contribution >= 0.6 is 0 Å². The van der Waals surface area contributed by atoms with Crippen molar-refractivity contribution in [2.75, 3.05) is 16.8 Å². The number of hydrogen-bond donors (Lipinski definition) is 2. The molecular formula is C25H29N5O. The van der Waals surface area contributed by atoms with Gasteiger partial charge in [0.15, 0.2) is 0 Å². The highest BCUT2D eigenvalue weighted by Crippen LogP contribution is 2.39. The fraction of sp³-hybridized carbons (Fsp3) is 0.360. The molecule has 5 rings (SSSR count). The van der Waals surface area contributed by atoms with Gasteiger partial charge < -0.3 is 20.1 Å². The molecule has 31 heavy (non-hydrogen) atoms. The van der Waals surface area contributed by atoms with Gasteiger partial charge in [0.1, 0.15) is 5.82 Å². The molecule has 0 saturated heterocycles. The van der Waals surface area contributed by atoms with Crippen molar-refractivity contribution in [3.05, 3.63) is 66.1 Å². The highest BCUT2D eigenvalue weighted by Gasteiger charge is 2.32. The number of benzene rings is 2. The van der Waals surface area contributed by atoms with E-state index in [0.29, 0.717) is 6.42 Å². The summed E-state index contributed by atoms with van der Waals surface area (Å²) in [4.78, 5) is 19.1. The first-order valence-electron chi connectivity index (χ1n) is 11.2. The number of nitrogens with one attached hydrogen (secondary N) is 2. The fourth-order valence-corrected chi connectivity index (χ4v) is 4.86. The zero-order valence-electron chi connectivity index (χ0n) is 18.1. The van der Waals surface area contributed by atoms with E-state index in [1.807, 2.05) is 24.1 Å². The van der Waals surface area contributed by atoms with E-state index in [4.69, 9.17) is 0 Å². The summed E-state index contributed by atoms with van der Waals surface area (Å²) in [6.07, 6.45) is 3.38. The molecule has 2 aliphatic rings. The maximum Gasteiger partial charge on any atom is 0.226 e. The Morgan fingerprint density at radius 3 is 2.81 bits per heavy atom. The van der Waals surface area contributed by atoms with Gasteiger partial charge in [-0.2, -0.15) is 0 Å². The summed E-state index contributed by atoms with van der Waals surface area (Å²) >= 11 is 0. The normalized spacial score (nSPS) is 20.1. The van der Waals surface area contributed by atoms with Gasteiger partial charge in [-0.25, -0.2) is 4.98 Å². The van der Waals surface area contributed by atoms with Crippen LogP contribution in [0.25, 0.3) is 11.3 Å². The van der Waals surface area contributed by atoms with Gasteiger partial charge in [-0.1, -0.05) is 37.3 Å². The van der Waals surface area contributed by atoms with Crippen LogP contribution in [0.4, 0.5) is 11.4 Å². The Morgan fingerprint density at radius 1 is 1.19 bits per heavy atom. The van der Waals surface area contributed by atoms with Gasteiger partial charge >= 0.3 is 0 Å². The number of carbonyl (C=O) groups is 1. The minimum Gasteiger partial charge on any atom is -0.378 e. The third-order valence-corrected chi connectivity index (χ3v) is 6.42. The molecule has 6 nitrogen and oxygen atoms in total. The second kappa shape index (κ2) is 8.19. The van der Waals surface area contributed by atoms with E-state index in [-0.39, 0.29) is 18.0 Å². The predicted molar refractivity (Wildman–Crippen MR) is 124 cm³/mol. The van der Waals surface area contributed by atoms with Crippen molar-refractivity contribution in [2.24, 2.45) is 0 Å². The van der Waals surface area contributed by atoms with Gasteiger partial charge in [-0.15, -0.1) is 0 Å². The molecule has 0 aliphatic carbocycles. The molecule has 2 N–H and O–H groups in total. The Balaban J connectivity index is 1.39. The first-order valence-corrected chi connectivity index (χ1v) is 11.2. The molecule has 0 saturated carbocycles. The van der Waals surface area contributed by atoms with Crippen LogP contribution in [0.3, 0.4) is 0 Å². The number of aromatic nitrogens is 2. The number of imidazole rings is 1. The second-order valence-corrected chi connectivity index (χ2v) is 8.42. The van der Waals surface area contributed by atoms with Gasteiger partial charge in [0.2, 0.25) is 5.91 Å². The first-order chi connectivity index (χ1) is 15.2. The Labute approximate surface area is 183 Å². The van der Waals surface area contributed by atoms with Crippen LogP contribution in [0.5, 0.6) is 0 Å². The summed E-state index contributed by atoms with van der Waals surface area (Å²) in [5.74, 6) is 1.28. The van der Waals surface area contributed by atoms with Crippen LogP contribution in [0.15, 0.2) is 54.7 Å². The quantitative estimate of drug-likeness (QED) is 0.665. The highest BCUT2D eigenvalue weighted by molar-refractivity contribution is 5.95. The van der Waals surface area contributed by atoms with E-state index in [1.165, 1.54) is 16.8 Å². The summed E-state index contributed by atoms with van der Waals surface area (Å²) in [5.41, 5.74) is 5.66. The van der Waals surface area contributed by atoms with Crippen molar-refractivity contribution >= 4 is 17.3 Å². The average molecular weight is 416 g/mol. The number of fused-ring (bicyclic) bond motifs is 2. The van der Waals surface area contributed by atoms with E-state index in [9.17, 15) is 4.79 Å². The van der Waals surface area contributed by atoms with E-state index in [0.717, 1.165) is 43.3 Å². The summed E-state index contributed by atoms with van der Waals surface area (Å²) in [6, 6.07) is 17.2. The molecule has 2 atom stereocenters. The number of carbonyl (C=O) groups excluding carboxylic acids is 1. The molecule has 6 heteroatoms. The summed E-state index contributed by atoms with van der Waals surface area (Å²) < 4.78 is 2.30. The first kappa shape index (κ1) is 19.8. The molecule has 0 radical (unpaired) electrons. The number of rotatable bonds is 4. The van der Waals surface area contributed by atoms with Crippen LogP contribution in [0.2, 0.25) is 0 Å². The standard InChI is InChI=1S/C25H29N5O/c1-3-25(31)30-17(2)14-21(20-6-4-5-7-22(20)30)28-19-10-8-18(9-11-19)23-15-27-24-16-26-12-13-29(23)24/h4-11,15,17,21,26,28H,3,12-14,16H2,1-2H3/t17-,21+/m0/s1. The third-order valence-electron chi connectivity index (χ3n) is 6.42. The molecule has 0 bridgehead atoms. The molecule has 0 spiro atoms. The predicted octanol–water partition coefficient (Wildman–Crippen LogP) is 4.34. The zero-order chi connectivity index (χ0) is 21.4. The molecule has 0 unspecified atom stereocenters. The van der Waals surface area contributed by atoms with Crippen molar-refractivity contribution in [2.45, 2.75) is 51.9 Å². The SMILES string of the molecule is CCC(=O)N1c2ccccc2[C@H](Nc2ccc(-c3cnc4n3CCNC4)cc2)C[C@@H]1C. The van der Waals surface area contributed by atoms with Gasteiger partial charge in [0.25, 0.3) is 0 Å². The number of nitrogens with zero attached hydrogens (tertiary/aromatic N) is 3. The molecule has 0 fully saturated rings. The summed E-state index contributed by atoms with van der Waals surface area (Å²) in [7, 11) is 0. The maximum atomic E-state index is 12.6. The lowest BCUT2D eigenvalue weighted by molar-refractivity contribution is -0.118. The lowest BCUT2D eigenvalue weighted by atomic mass is 9.91. The molecular weight excluding hydrogens is 386 g/mol. The Hall–Kier alpha value is -3.12. The lowest BCUT2D eigenvalue weighted by Gasteiger charge is -2.40. The van der Waals surface area contributed by atoms with Gasteiger partial charge in [0, 0.05) is 36.9 Å². The summed E-state index contributed by atoms with van der Waals surface area (Å²) in [6.45, 7) is 6.83. The van der Waals surface area contributed by atoms with Crippen LogP contribution in [0.1, 0.15) is 44.1 Å². The molecule has 2 aliphatic heterocycles. The Morgan fingerprint density at radius 2 is 2.00 bits per heavy atom. The zero-order valence-corrected chi connectivity index (χ0v) is 18.1. The van der Waals surface area contributed by atoms with E-state index >= 15 is 0 Å². The van der Waals surface area contributed by atoms with E-state index in [2.05, 4.69) is 69.6 Å². The number of para-hydroxylation sites is 1. The number of amides is 1. The fourth-order valence-electron chi connectivity index (χ4n) is 4.86. The van der Waals surface area contributed by atoms with Gasteiger partial charge in [-0.3, -0.25) is 4.79 Å². The van der Waals surface area contributed by atoms with E-state index in [1.54, 1.807) is 0 Å². The molecule has 1 aromatic heterocycles. The van der Waals surface area contributed by atoms with Crippen molar-refractivity contribution in [1.29, 1.82) is 0 Å². The monoisotopic (exact) mass is 415 g/mol. The molecule has 1 amide bonds. The van der Waals surface area contributed by atoms with Crippen molar-refractivity contribution in [1.82, 2.24) is 14.9 Å². The third kappa shape index (κ3) is 3.61. The minimum atomic E-state index is 0.158. The van der Waals surface area contributed by atoms with Crippen LogP contribution < -0.4 is 15.5 Å². The van der Waals surface area contributed by atoms with E-state index < -0.39 is 0 Å². The Kier molecular flexibility index (Phi) is 5.24. The van der Waals surface area contributed by atoms with Crippen LogP contribution in [-0.2, 0) is 17.9 Å². The largest absolute Gasteiger partial charge is 0.378 e. The molecule has 160 valence electrons. The summed E-state index contributed by atoms with van der Waals surface area (Å²) in [5, 5.41) is 7.08. The number of hydrogen-bond acceptors (Lipinski definition) is 4. The minimum absolute atomic E-state index is 0.158. The van der Waals surface area contributed by atoms with Crippen molar-refractivity contribution in [3.63, 3.8) is 0 Å². The second-order valence-electron chi connectivity index (χ2n) is 8.42. The highest BCUT2D eigenvalue weighted by atomic mass is 16.2. The lowest BCUT2D eigenvalue weighted by Crippen LogP contribution is -2.44. The molecule has 3 heterocycles. The van der Waals surface area contributed by atoms with Crippen LogP contribution in [-0.4, -0.2) is 28.0 Å². The smallest absolute Gasteiger partial charge is 0.226 e. The number of anilines is 2. The maximum absolute atomic E-state index is 12.6.